The molecule has 0 aromatic carbocycles. The minimum Gasteiger partial charge on any atom is -0.285 e. The van der Waals surface area contributed by atoms with Crippen molar-refractivity contribution in [2.75, 3.05) is 6.54 Å². The van der Waals surface area contributed by atoms with Gasteiger partial charge in [0.05, 0.1) is 0 Å². The van der Waals surface area contributed by atoms with Crippen LogP contribution < -0.4 is 4.98 Å². The Bertz CT molecular complexity index is 41.9. The highest BCUT2D eigenvalue weighted by molar-refractivity contribution is 6.39. The highest BCUT2D eigenvalue weighted by atomic mass is 28.4. The smallest absolute Gasteiger partial charge is 0.285 e. The molecular weight excluding hydrogens is 116 g/mol. The van der Waals surface area contributed by atoms with E-state index in [2.05, 4.69) is 4.98 Å². The van der Waals surface area contributed by atoms with Crippen LogP contribution in [-0.4, -0.2) is 16.2 Å². The molecule has 4 heteroatoms. The summed E-state index contributed by atoms with van der Waals surface area (Å²) in [6.07, 6.45) is 0.780. The van der Waals surface area contributed by atoms with E-state index in [0.29, 0.717) is 6.54 Å². The first kappa shape index (κ1) is 7.04. The Balaban J connectivity index is 2.68. The topological polar surface area (TPSA) is 12.0 Å². The second kappa shape index (κ2) is 4.20. The molecule has 7 heavy (non-hydrogen) atoms. The highest BCUT2D eigenvalue weighted by Crippen LogP contribution is 1.78. The van der Waals surface area contributed by atoms with Gasteiger partial charge in [0.25, 0.3) is 0 Å². The summed E-state index contributed by atoms with van der Waals surface area (Å²) in [6.45, 7) is 2.30. The summed E-state index contributed by atoms with van der Waals surface area (Å²) in [7, 11) is -3.15. The number of halogens is 2. The molecule has 0 saturated heterocycles. The molecule has 0 aliphatic rings. The van der Waals surface area contributed by atoms with E-state index in [1.165, 1.54) is 0 Å². The van der Waals surface area contributed by atoms with Gasteiger partial charge in [-0.2, -0.15) is 0 Å². The summed E-state index contributed by atoms with van der Waals surface area (Å²) in [4.78, 5) is 2.06. The molecule has 0 aromatic heterocycles. The van der Waals surface area contributed by atoms with Gasteiger partial charge in [0.2, 0.25) is 0 Å². The second-order valence-electron chi connectivity index (χ2n) is 1.19. The van der Waals surface area contributed by atoms with Crippen molar-refractivity contribution in [2.45, 2.75) is 13.3 Å². The third-order valence-electron chi connectivity index (χ3n) is 0.509. The molecule has 0 aliphatic carbocycles. The van der Waals surface area contributed by atoms with Crippen molar-refractivity contribution in [3.63, 3.8) is 0 Å². The molecule has 1 nitrogen and oxygen atoms in total. The molecular formula is C3H8F2NSi. The molecule has 0 rings (SSSR count). The van der Waals surface area contributed by atoms with Gasteiger partial charge < -0.3 is 0 Å². The summed E-state index contributed by atoms with van der Waals surface area (Å²) in [6, 6.07) is 0. The Labute approximate surface area is 43.8 Å². The predicted octanol–water partition coefficient (Wildman–Crippen LogP) is 0.910. The van der Waals surface area contributed by atoms with Crippen LogP contribution in [0.2, 0.25) is 0 Å². The van der Waals surface area contributed by atoms with Crippen LogP contribution in [0.1, 0.15) is 13.3 Å². The summed E-state index contributed by atoms with van der Waals surface area (Å²) in [5, 5.41) is 0. The quantitative estimate of drug-likeness (QED) is 0.435. The zero-order valence-electron chi connectivity index (χ0n) is 4.17. The first-order chi connectivity index (χ1) is 3.27. The van der Waals surface area contributed by atoms with E-state index in [0.717, 1.165) is 6.42 Å². The van der Waals surface area contributed by atoms with Gasteiger partial charge in [-0.3, -0.25) is 4.98 Å². The van der Waals surface area contributed by atoms with Gasteiger partial charge in [0, 0.05) is 0 Å². The Hall–Kier alpha value is 0.0369. The van der Waals surface area contributed by atoms with Crippen molar-refractivity contribution < 1.29 is 8.22 Å². The molecule has 0 aliphatic heterocycles. The first-order valence-electron chi connectivity index (χ1n) is 2.19. The average Bonchev–Trinajstić information content (AvgIpc) is 1.61. The van der Waals surface area contributed by atoms with Crippen molar-refractivity contribution in [1.82, 2.24) is 4.98 Å². The van der Waals surface area contributed by atoms with Crippen LogP contribution in [-0.2, 0) is 0 Å². The van der Waals surface area contributed by atoms with Crippen molar-refractivity contribution >= 4 is 9.63 Å². The lowest BCUT2D eigenvalue weighted by Gasteiger charge is -1.92. The van der Waals surface area contributed by atoms with Crippen LogP contribution in [0.3, 0.4) is 0 Å². The Kier molecular flexibility index (Phi) is 4.22. The third kappa shape index (κ3) is 6.04. The van der Waals surface area contributed by atoms with Crippen molar-refractivity contribution in [2.24, 2.45) is 0 Å². The molecule has 0 bridgehead atoms. The van der Waals surface area contributed by atoms with Gasteiger partial charge in [-0.15, -0.1) is 0 Å². The Morgan fingerprint density at radius 2 is 2.14 bits per heavy atom. The normalized spacial score (nSPS) is 10.3. The van der Waals surface area contributed by atoms with Crippen LogP contribution >= 0.6 is 0 Å². The van der Waals surface area contributed by atoms with Gasteiger partial charge >= 0.3 is 9.63 Å². The van der Waals surface area contributed by atoms with E-state index in [1.54, 1.807) is 0 Å². The van der Waals surface area contributed by atoms with Gasteiger partial charge in [-0.1, -0.05) is 6.92 Å². The van der Waals surface area contributed by atoms with Crippen molar-refractivity contribution in [3.8, 4) is 0 Å². The maximum Gasteiger partial charge on any atom is 0.570 e. The second-order valence-corrected chi connectivity index (χ2v) is 2.06. The molecule has 0 unspecified atom stereocenters. The number of nitrogens with one attached hydrogen (secondary N) is 1. The van der Waals surface area contributed by atoms with Gasteiger partial charge in [0.15, 0.2) is 0 Å². The minimum atomic E-state index is -3.15. The fraction of sp³-hybridized carbons (Fsp3) is 1.00. The zero-order chi connectivity index (χ0) is 5.70. The molecule has 0 spiro atoms. The van der Waals surface area contributed by atoms with Crippen LogP contribution in [0.5, 0.6) is 0 Å². The lowest BCUT2D eigenvalue weighted by atomic mass is 10.5. The molecule has 43 valence electrons. The fourth-order valence-electron chi connectivity index (χ4n) is 0.219. The monoisotopic (exact) mass is 124 g/mol. The largest absolute Gasteiger partial charge is 0.570 e. The van der Waals surface area contributed by atoms with E-state index in [-0.39, 0.29) is 0 Å². The molecule has 0 fully saturated rings. The minimum absolute atomic E-state index is 0.446. The molecule has 0 amide bonds. The average molecular weight is 124 g/mol. The number of rotatable bonds is 3. The molecule has 0 atom stereocenters. The number of hydrogen-bond acceptors (Lipinski definition) is 1. The first-order valence-corrected chi connectivity index (χ1v) is 3.44. The van der Waals surface area contributed by atoms with Gasteiger partial charge in [-0.05, 0) is 13.0 Å². The number of hydrogen-bond donors (Lipinski definition) is 1. The standard InChI is InChI=1S/C3H8F2NSi/c1-2-3-6-7(4)5/h6H,2-3H2,1H3. The third-order valence-corrected chi connectivity index (χ3v) is 1.03. The van der Waals surface area contributed by atoms with Crippen molar-refractivity contribution in [3.05, 3.63) is 0 Å². The summed E-state index contributed by atoms with van der Waals surface area (Å²) >= 11 is 0. The summed E-state index contributed by atoms with van der Waals surface area (Å²) < 4.78 is 22.4. The molecule has 0 heterocycles. The SMILES string of the molecule is CCCN[Si](F)F. The maximum absolute atomic E-state index is 11.2. The van der Waals surface area contributed by atoms with Crippen LogP contribution in [0, 0.1) is 0 Å². The predicted molar refractivity (Wildman–Crippen MR) is 26.3 cm³/mol. The van der Waals surface area contributed by atoms with Crippen molar-refractivity contribution in [1.29, 1.82) is 0 Å². The van der Waals surface area contributed by atoms with E-state index < -0.39 is 9.63 Å². The summed E-state index contributed by atoms with van der Waals surface area (Å²) in [5.74, 6) is 0. The van der Waals surface area contributed by atoms with Crippen LogP contribution in [0.15, 0.2) is 0 Å². The van der Waals surface area contributed by atoms with E-state index in [9.17, 15) is 8.22 Å². The van der Waals surface area contributed by atoms with E-state index in [4.69, 9.17) is 0 Å². The lowest BCUT2D eigenvalue weighted by Crippen LogP contribution is -2.25. The van der Waals surface area contributed by atoms with Gasteiger partial charge in [-0.25, -0.2) is 8.22 Å². The Morgan fingerprint density at radius 1 is 1.57 bits per heavy atom. The molecule has 1 N–H and O–H groups in total. The van der Waals surface area contributed by atoms with Gasteiger partial charge in [0.1, 0.15) is 0 Å². The summed E-state index contributed by atoms with van der Waals surface area (Å²) in [5.41, 5.74) is 0. The molecule has 0 aromatic rings. The fourth-order valence-corrected chi connectivity index (χ4v) is 0.658. The van der Waals surface area contributed by atoms with E-state index in [1.807, 2.05) is 6.92 Å². The lowest BCUT2D eigenvalue weighted by molar-refractivity contribution is 0.608. The van der Waals surface area contributed by atoms with Crippen LogP contribution in [0.25, 0.3) is 0 Å². The van der Waals surface area contributed by atoms with E-state index >= 15 is 0 Å². The molecule has 0 saturated carbocycles. The molecule has 1 radical (unpaired) electrons. The zero-order valence-corrected chi connectivity index (χ0v) is 5.17. The Morgan fingerprint density at radius 3 is 2.29 bits per heavy atom. The highest BCUT2D eigenvalue weighted by Gasteiger charge is 2.05. The maximum atomic E-state index is 11.2. The van der Waals surface area contributed by atoms with Crippen LogP contribution in [0.4, 0.5) is 8.22 Å².